The molecule has 0 bridgehead atoms. The van der Waals surface area contributed by atoms with Crippen LogP contribution in [0.3, 0.4) is 0 Å². The zero-order valence-electron chi connectivity index (χ0n) is 9.39. The minimum absolute atomic E-state index is 0.0462. The average Bonchev–Trinajstić information content (AvgIpc) is 2.83. The maximum absolute atomic E-state index is 12.1. The number of anilines is 1. The number of likely N-dealkylation sites (tertiary alicyclic amines) is 1. The summed E-state index contributed by atoms with van der Waals surface area (Å²) in [5.41, 5.74) is 6.89. The Balaban J connectivity index is 2.20. The largest absolute Gasteiger partial charge is 0.397 e. The number of aliphatic hydroxyl groups is 1. The normalized spacial score (nSPS) is 20.4. The Kier molecular flexibility index (Phi) is 2.87. The average molecular weight is 223 g/mol. The lowest BCUT2D eigenvalue weighted by Crippen LogP contribution is -2.31. The van der Waals surface area contributed by atoms with E-state index in [1.165, 1.54) is 0 Å². The van der Waals surface area contributed by atoms with Crippen molar-refractivity contribution < 1.29 is 9.90 Å². The number of carbonyl (C=O) groups is 1. The van der Waals surface area contributed by atoms with Crippen LogP contribution in [0.2, 0.25) is 0 Å². The third kappa shape index (κ3) is 1.90. The number of nitrogen functional groups attached to an aromatic ring is 1. The van der Waals surface area contributed by atoms with Crippen molar-refractivity contribution in [2.45, 2.75) is 26.0 Å². The van der Waals surface area contributed by atoms with Gasteiger partial charge in [-0.05, 0) is 19.4 Å². The van der Waals surface area contributed by atoms with Gasteiger partial charge in [-0.2, -0.15) is 0 Å². The second-order valence-electron chi connectivity index (χ2n) is 4.14. The standard InChI is InChI=1S/C11H17N3O2/c1-2-13-6-8(12)5-10(13)11(16)14-4-3-9(15)7-14/h5-6,9,15H,2-4,7,12H2,1H3. The minimum Gasteiger partial charge on any atom is -0.397 e. The molecule has 1 aliphatic heterocycles. The number of nitrogens with zero attached hydrogens (tertiary/aromatic N) is 2. The number of β-amino-alcohol motifs (C(OH)–C–C–N with tert-alkyl or cyclic N) is 1. The highest BCUT2D eigenvalue weighted by Gasteiger charge is 2.27. The van der Waals surface area contributed by atoms with Crippen molar-refractivity contribution in [2.24, 2.45) is 0 Å². The maximum Gasteiger partial charge on any atom is 0.270 e. The minimum atomic E-state index is -0.383. The fraction of sp³-hybridized carbons (Fsp3) is 0.545. The number of aryl methyl sites for hydroxylation is 1. The summed E-state index contributed by atoms with van der Waals surface area (Å²) in [4.78, 5) is 13.8. The number of amides is 1. The fourth-order valence-corrected chi connectivity index (χ4v) is 2.06. The van der Waals surface area contributed by atoms with Gasteiger partial charge in [0, 0.05) is 25.8 Å². The van der Waals surface area contributed by atoms with Gasteiger partial charge in [-0.1, -0.05) is 0 Å². The SMILES string of the molecule is CCn1cc(N)cc1C(=O)N1CCC(O)C1. The van der Waals surface area contributed by atoms with Crippen LogP contribution in [0.15, 0.2) is 12.3 Å². The zero-order valence-corrected chi connectivity index (χ0v) is 9.39. The van der Waals surface area contributed by atoms with E-state index in [0.29, 0.717) is 37.4 Å². The van der Waals surface area contributed by atoms with Crippen LogP contribution >= 0.6 is 0 Å². The predicted octanol–water partition coefficient (Wildman–Crippen LogP) is 0.297. The van der Waals surface area contributed by atoms with E-state index in [9.17, 15) is 9.90 Å². The van der Waals surface area contributed by atoms with Gasteiger partial charge in [0.05, 0.1) is 11.8 Å². The second-order valence-corrected chi connectivity index (χ2v) is 4.14. The van der Waals surface area contributed by atoms with Crippen molar-refractivity contribution in [3.63, 3.8) is 0 Å². The lowest BCUT2D eigenvalue weighted by atomic mass is 10.3. The van der Waals surface area contributed by atoms with Gasteiger partial charge >= 0.3 is 0 Å². The van der Waals surface area contributed by atoms with E-state index in [0.717, 1.165) is 0 Å². The number of rotatable bonds is 2. The van der Waals surface area contributed by atoms with E-state index in [1.54, 1.807) is 17.2 Å². The number of hydrogen-bond donors (Lipinski definition) is 2. The summed E-state index contributed by atoms with van der Waals surface area (Å²) >= 11 is 0. The zero-order chi connectivity index (χ0) is 11.7. The molecule has 5 heteroatoms. The van der Waals surface area contributed by atoms with E-state index < -0.39 is 0 Å². The summed E-state index contributed by atoms with van der Waals surface area (Å²) < 4.78 is 1.84. The molecule has 2 heterocycles. The van der Waals surface area contributed by atoms with Gasteiger partial charge in [0.1, 0.15) is 5.69 Å². The number of hydrogen-bond acceptors (Lipinski definition) is 3. The van der Waals surface area contributed by atoms with Gasteiger partial charge in [-0.3, -0.25) is 4.79 Å². The third-order valence-electron chi connectivity index (χ3n) is 2.93. The van der Waals surface area contributed by atoms with Crippen molar-refractivity contribution in [3.8, 4) is 0 Å². The van der Waals surface area contributed by atoms with Gasteiger partial charge in [0.2, 0.25) is 0 Å². The van der Waals surface area contributed by atoms with Gasteiger partial charge in [-0.25, -0.2) is 0 Å². The molecule has 1 amide bonds. The summed E-state index contributed by atoms with van der Waals surface area (Å²) in [5, 5.41) is 9.40. The quantitative estimate of drug-likeness (QED) is 0.757. The Labute approximate surface area is 94.5 Å². The molecule has 3 N–H and O–H groups in total. The van der Waals surface area contributed by atoms with Crippen LogP contribution in [0, 0.1) is 0 Å². The fourth-order valence-electron chi connectivity index (χ4n) is 2.06. The highest BCUT2D eigenvalue weighted by atomic mass is 16.3. The van der Waals surface area contributed by atoms with Crippen molar-refractivity contribution >= 4 is 11.6 Å². The van der Waals surface area contributed by atoms with E-state index in [1.807, 2.05) is 11.5 Å². The Bertz CT molecular complexity index is 400. The summed E-state index contributed by atoms with van der Waals surface area (Å²) in [6.07, 6.45) is 2.04. The number of nitrogens with two attached hydrogens (primary N) is 1. The maximum atomic E-state index is 12.1. The van der Waals surface area contributed by atoms with Crippen LogP contribution in [-0.4, -0.2) is 39.7 Å². The van der Waals surface area contributed by atoms with Crippen molar-refractivity contribution in [2.75, 3.05) is 18.8 Å². The molecule has 1 aromatic rings. The lowest BCUT2D eigenvalue weighted by molar-refractivity contribution is 0.0754. The monoisotopic (exact) mass is 223 g/mol. The molecule has 0 radical (unpaired) electrons. The summed E-state index contributed by atoms with van der Waals surface area (Å²) in [5.74, 6) is -0.0462. The van der Waals surface area contributed by atoms with Crippen LogP contribution in [0.4, 0.5) is 5.69 Å². The van der Waals surface area contributed by atoms with E-state index in [-0.39, 0.29) is 12.0 Å². The first-order chi connectivity index (χ1) is 7.61. The number of aliphatic hydroxyl groups excluding tert-OH is 1. The third-order valence-corrected chi connectivity index (χ3v) is 2.93. The van der Waals surface area contributed by atoms with Crippen LogP contribution in [0.25, 0.3) is 0 Å². The van der Waals surface area contributed by atoms with Gasteiger partial charge in [-0.15, -0.1) is 0 Å². The van der Waals surface area contributed by atoms with Crippen molar-refractivity contribution in [1.29, 1.82) is 0 Å². The Morgan fingerprint density at radius 1 is 1.69 bits per heavy atom. The molecule has 1 atom stereocenters. The van der Waals surface area contributed by atoms with Crippen molar-refractivity contribution in [1.82, 2.24) is 9.47 Å². The van der Waals surface area contributed by atoms with Gasteiger partial charge in [0.15, 0.2) is 0 Å². The molecule has 0 saturated carbocycles. The smallest absolute Gasteiger partial charge is 0.270 e. The first-order valence-corrected chi connectivity index (χ1v) is 5.54. The van der Waals surface area contributed by atoms with Crippen LogP contribution in [0.5, 0.6) is 0 Å². The molecule has 88 valence electrons. The number of carbonyl (C=O) groups excluding carboxylic acids is 1. The van der Waals surface area contributed by atoms with Gasteiger partial charge in [0.25, 0.3) is 5.91 Å². The Hall–Kier alpha value is -1.49. The van der Waals surface area contributed by atoms with Crippen LogP contribution < -0.4 is 5.73 Å². The molecular formula is C11H17N3O2. The highest BCUT2D eigenvalue weighted by Crippen LogP contribution is 2.17. The van der Waals surface area contributed by atoms with Crippen LogP contribution in [-0.2, 0) is 6.54 Å². The first-order valence-electron chi connectivity index (χ1n) is 5.54. The van der Waals surface area contributed by atoms with Crippen molar-refractivity contribution in [3.05, 3.63) is 18.0 Å². The highest BCUT2D eigenvalue weighted by molar-refractivity contribution is 5.94. The van der Waals surface area contributed by atoms with Crippen LogP contribution in [0.1, 0.15) is 23.8 Å². The first kappa shape index (κ1) is 11.0. The summed E-state index contributed by atoms with van der Waals surface area (Å²) in [6, 6.07) is 1.69. The molecule has 5 nitrogen and oxygen atoms in total. The summed E-state index contributed by atoms with van der Waals surface area (Å²) in [6.45, 7) is 3.73. The second kappa shape index (κ2) is 4.17. The molecule has 1 aromatic heterocycles. The number of aromatic nitrogens is 1. The van der Waals surface area contributed by atoms with E-state index in [4.69, 9.17) is 5.73 Å². The molecule has 0 aliphatic carbocycles. The predicted molar refractivity (Wildman–Crippen MR) is 61.0 cm³/mol. The lowest BCUT2D eigenvalue weighted by Gasteiger charge is -2.16. The van der Waals surface area contributed by atoms with E-state index >= 15 is 0 Å². The molecule has 1 aliphatic rings. The van der Waals surface area contributed by atoms with Gasteiger partial charge < -0.3 is 20.3 Å². The topological polar surface area (TPSA) is 71.5 Å². The molecular weight excluding hydrogens is 206 g/mol. The Morgan fingerprint density at radius 2 is 2.44 bits per heavy atom. The van der Waals surface area contributed by atoms with E-state index in [2.05, 4.69) is 0 Å². The molecule has 0 aromatic carbocycles. The molecule has 1 fully saturated rings. The molecule has 0 spiro atoms. The molecule has 2 rings (SSSR count). The summed E-state index contributed by atoms with van der Waals surface area (Å²) in [7, 11) is 0. The molecule has 16 heavy (non-hydrogen) atoms. The molecule has 1 saturated heterocycles. The Morgan fingerprint density at radius 3 is 3.00 bits per heavy atom. The molecule has 1 unspecified atom stereocenters.